The molecule has 0 aliphatic rings. The summed E-state index contributed by atoms with van der Waals surface area (Å²) in [4.78, 5) is 0. The van der Waals surface area contributed by atoms with Gasteiger partial charge in [0.2, 0.25) is 0 Å². The number of allylic oxidation sites excluding steroid dienone is 1. The predicted molar refractivity (Wildman–Crippen MR) is 114 cm³/mol. The summed E-state index contributed by atoms with van der Waals surface area (Å²) in [5.41, 5.74) is 3.95. The Labute approximate surface area is 160 Å². The number of aromatic nitrogens is 1. The molecule has 0 radical (unpaired) electrons. The fourth-order valence-corrected chi connectivity index (χ4v) is 3.60. The van der Waals surface area contributed by atoms with E-state index in [1.807, 2.05) is 24.3 Å². The third-order valence-electron chi connectivity index (χ3n) is 5.32. The van der Waals surface area contributed by atoms with E-state index in [1.165, 1.54) is 16.3 Å². The fraction of sp³-hybridized carbons (Fsp3) is 0.160. The minimum absolute atomic E-state index is 0.420. The first kappa shape index (κ1) is 17.1. The van der Waals surface area contributed by atoms with Crippen LogP contribution < -0.4 is 0 Å². The van der Waals surface area contributed by atoms with Crippen LogP contribution >= 0.6 is 0 Å². The Hall–Kier alpha value is -3.31. The number of hydrogen-bond acceptors (Lipinski definition) is 1. The summed E-state index contributed by atoms with van der Waals surface area (Å²) in [5.74, 6) is 0. The standard InChI is InChI=1S/C25H22N2/c1-3-18(2)27-17-23(24-10-6-7-11-25(24)27)15-22(16-26)21-13-12-19-8-4-5-9-20(19)14-21/h4-15,17-18H,3H2,1-2H3/b22-15-/t18-/m1/s1. The van der Waals surface area contributed by atoms with Gasteiger partial charge >= 0.3 is 0 Å². The van der Waals surface area contributed by atoms with Gasteiger partial charge < -0.3 is 4.57 Å². The fourth-order valence-electron chi connectivity index (χ4n) is 3.60. The smallest absolute Gasteiger partial charge is 0.0998 e. The lowest BCUT2D eigenvalue weighted by atomic mass is 10.00. The molecule has 0 amide bonds. The first-order valence-electron chi connectivity index (χ1n) is 9.42. The maximum absolute atomic E-state index is 9.82. The van der Waals surface area contributed by atoms with E-state index in [4.69, 9.17) is 0 Å². The van der Waals surface area contributed by atoms with E-state index in [1.54, 1.807) is 0 Å². The number of nitrogens with zero attached hydrogens (tertiary/aromatic N) is 2. The molecule has 4 rings (SSSR count). The minimum atomic E-state index is 0.420. The SMILES string of the molecule is CC[C@@H](C)n1cc(/C=C(/C#N)c2ccc3ccccc3c2)c2ccccc21. The van der Waals surface area contributed by atoms with Crippen molar-refractivity contribution in [1.29, 1.82) is 5.26 Å². The van der Waals surface area contributed by atoms with Crippen molar-refractivity contribution in [2.24, 2.45) is 0 Å². The second-order valence-corrected chi connectivity index (χ2v) is 7.00. The molecule has 4 aromatic rings. The van der Waals surface area contributed by atoms with Gasteiger partial charge in [-0.15, -0.1) is 0 Å². The van der Waals surface area contributed by atoms with Crippen LogP contribution in [0.25, 0.3) is 33.3 Å². The monoisotopic (exact) mass is 350 g/mol. The lowest BCUT2D eigenvalue weighted by Gasteiger charge is -2.12. The molecule has 0 saturated carbocycles. The van der Waals surface area contributed by atoms with Crippen LogP contribution in [0, 0.1) is 11.3 Å². The quantitative estimate of drug-likeness (QED) is 0.371. The molecule has 2 nitrogen and oxygen atoms in total. The van der Waals surface area contributed by atoms with Crippen LogP contribution in [-0.4, -0.2) is 4.57 Å². The lowest BCUT2D eigenvalue weighted by molar-refractivity contribution is 0.548. The second kappa shape index (κ2) is 7.13. The number of fused-ring (bicyclic) bond motifs is 2. The van der Waals surface area contributed by atoms with Crippen LogP contribution in [0.1, 0.15) is 37.4 Å². The lowest BCUT2D eigenvalue weighted by Crippen LogP contribution is -2.01. The Balaban J connectivity index is 1.86. The Morgan fingerprint density at radius 2 is 1.78 bits per heavy atom. The minimum Gasteiger partial charge on any atom is -0.344 e. The van der Waals surface area contributed by atoms with Gasteiger partial charge in [0.25, 0.3) is 0 Å². The number of para-hydroxylation sites is 1. The maximum atomic E-state index is 9.82. The topological polar surface area (TPSA) is 28.7 Å². The molecule has 1 heterocycles. The average molecular weight is 350 g/mol. The molecule has 27 heavy (non-hydrogen) atoms. The third kappa shape index (κ3) is 3.13. The molecule has 2 heteroatoms. The highest BCUT2D eigenvalue weighted by molar-refractivity contribution is 5.99. The van der Waals surface area contributed by atoms with Crippen molar-refractivity contribution in [3.63, 3.8) is 0 Å². The summed E-state index contributed by atoms with van der Waals surface area (Å²) in [6.45, 7) is 4.43. The number of nitriles is 1. The van der Waals surface area contributed by atoms with Gasteiger partial charge in [-0.25, -0.2) is 0 Å². The van der Waals surface area contributed by atoms with E-state index < -0.39 is 0 Å². The van der Waals surface area contributed by atoms with Crippen LogP contribution in [0.5, 0.6) is 0 Å². The molecule has 132 valence electrons. The third-order valence-corrected chi connectivity index (χ3v) is 5.32. The van der Waals surface area contributed by atoms with E-state index in [-0.39, 0.29) is 0 Å². The summed E-state index contributed by atoms with van der Waals surface area (Å²) >= 11 is 0. The molecule has 0 bridgehead atoms. The van der Waals surface area contributed by atoms with Gasteiger partial charge in [0, 0.05) is 28.7 Å². The van der Waals surface area contributed by atoms with Crippen LogP contribution in [0.15, 0.2) is 72.9 Å². The Bertz CT molecular complexity index is 1190. The largest absolute Gasteiger partial charge is 0.344 e. The van der Waals surface area contributed by atoms with Gasteiger partial charge in [0.1, 0.15) is 0 Å². The van der Waals surface area contributed by atoms with Gasteiger partial charge in [-0.3, -0.25) is 0 Å². The highest BCUT2D eigenvalue weighted by atomic mass is 15.0. The zero-order chi connectivity index (χ0) is 18.8. The predicted octanol–water partition coefficient (Wildman–Crippen LogP) is 6.83. The zero-order valence-corrected chi connectivity index (χ0v) is 15.7. The van der Waals surface area contributed by atoms with Gasteiger partial charge in [0.15, 0.2) is 0 Å². The highest BCUT2D eigenvalue weighted by Crippen LogP contribution is 2.30. The van der Waals surface area contributed by atoms with Crippen molar-refractivity contribution < 1.29 is 0 Å². The molecule has 0 N–H and O–H groups in total. The molecule has 0 spiro atoms. The molecule has 0 aliphatic heterocycles. The summed E-state index contributed by atoms with van der Waals surface area (Å²) in [6, 6.07) is 25.7. The van der Waals surface area contributed by atoms with Crippen molar-refractivity contribution in [2.45, 2.75) is 26.3 Å². The van der Waals surface area contributed by atoms with Gasteiger partial charge in [-0.05, 0) is 47.9 Å². The summed E-state index contributed by atoms with van der Waals surface area (Å²) < 4.78 is 2.32. The molecule has 3 aromatic carbocycles. The average Bonchev–Trinajstić information content (AvgIpc) is 3.09. The van der Waals surface area contributed by atoms with Crippen LogP contribution in [0.4, 0.5) is 0 Å². The zero-order valence-electron chi connectivity index (χ0n) is 15.7. The molecular weight excluding hydrogens is 328 g/mol. The van der Waals surface area contributed by atoms with Crippen LogP contribution in [0.2, 0.25) is 0 Å². The van der Waals surface area contributed by atoms with Crippen molar-refractivity contribution in [1.82, 2.24) is 4.57 Å². The Morgan fingerprint density at radius 3 is 2.56 bits per heavy atom. The van der Waals surface area contributed by atoms with E-state index in [2.05, 4.69) is 79.2 Å². The molecule has 0 saturated heterocycles. The van der Waals surface area contributed by atoms with E-state index in [9.17, 15) is 5.26 Å². The van der Waals surface area contributed by atoms with Crippen molar-refractivity contribution in [3.05, 3.63) is 84.1 Å². The second-order valence-electron chi connectivity index (χ2n) is 7.00. The van der Waals surface area contributed by atoms with Crippen LogP contribution in [0.3, 0.4) is 0 Å². The van der Waals surface area contributed by atoms with Gasteiger partial charge in [-0.2, -0.15) is 5.26 Å². The van der Waals surface area contributed by atoms with Gasteiger partial charge in [-0.1, -0.05) is 61.5 Å². The van der Waals surface area contributed by atoms with E-state index in [0.717, 1.165) is 22.9 Å². The number of benzene rings is 3. The molecule has 1 atom stereocenters. The first-order chi connectivity index (χ1) is 13.2. The normalized spacial score (nSPS) is 13.0. The summed E-state index contributed by atoms with van der Waals surface area (Å²) in [7, 11) is 0. The van der Waals surface area contributed by atoms with Crippen LogP contribution in [-0.2, 0) is 0 Å². The number of rotatable bonds is 4. The molecular formula is C25H22N2. The molecule has 0 unspecified atom stereocenters. The summed E-state index contributed by atoms with van der Waals surface area (Å²) in [5, 5.41) is 13.3. The molecule has 0 aliphatic carbocycles. The Morgan fingerprint density at radius 1 is 1.04 bits per heavy atom. The van der Waals surface area contributed by atoms with Crippen molar-refractivity contribution in [2.75, 3.05) is 0 Å². The van der Waals surface area contributed by atoms with E-state index >= 15 is 0 Å². The highest BCUT2D eigenvalue weighted by Gasteiger charge is 2.12. The Kier molecular flexibility index (Phi) is 4.52. The van der Waals surface area contributed by atoms with Crippen molar-refractivity contribution >= 4 is 33.3 Å². The first-order valence-corrected chi connectivity index (χ1v) is 9.42. The molecule has 0 fully saturated rings. The van der Waals surface area contributed by atoms with Gasteiger partial charge in [0.05, 0.1) is 11.6 Å². The molecule has 1 aromatic heterocycles. The van der Waals surface area contributed by atoms with E-state index in [0.29, 0.717) is 11.6 Å². The van der Waals surface area contributed by atoms with Crippen molar-refractivity contribution in [3.8, 4) is 6.07 Å². The maximum Gasteiger partial charge on any atom is 0.0998 e. The summed E-state index contributed by atoms with van der Waals surface area (Å²) in [6.07, 6.45) is 5.26. The number of hydrogen-bond donors (Lipinski definition) is 0.